The van der Waals surface area contributed by atoms with Crippen LogP contribution in [0.25, 0.3) is 0 Å². The molecule has 2 heterocycles. The van der Waals surface area contributed by atoms with E-state index in [4.69, 9.17) is 5.73 Å². The highest BCUT2D eigenvalue weighted by atomic mass is 32.2. The molecule has 2 aromatic rings. The lowest BCUT2D eigenvalue weighted by Crippen LogP contribution is -2.54. The van der Waals surface area contributed by atoms with Crippen LogP contribution in [0.1, 0.15) is 19.4 Å². The molecule has 1 aliphatic heterocycles. The molecule has 0 aliphatic carbocycles. The molecule has 1 aliphatic rings. The lowest BCUT2D eigenvalue weighted by Gasteiger charge is -2.40. The Kier molecular flexibility index (Phi) is 6.42. The summed E-state index contributed by atoms with van der Waals surface area (Å²) < 4.78 is 66.6. The number of pyridine rings is 1. The molecule has 1 aromatic carbocycles. The predicted molar refractivity (Wildman–Crippen MR) is 114 cm³/mol. The second kappa shape index (κ2) is 8.61. The van der Waals surface area contributed by atoms with Gasteiger partial charge in [-0.2, -0.15) is 17.5 Å². The zero-order valence-electron chi connectivity index (χ0n) is 17.5. The summed E-state index contributed by atoms with van der Waals surface area (Å²) in [6.45, 7) is 2.81. The van der Waals surface area contributed by atoms with Crippen molar-refractivity contribution >= 4 is 21.5 Å². The molecule has 0 spiro atoms. The van der Waals surface area contributed by atoms with Crippen LogP contribution in [0.2, 0.25) is 0 Å². The zero-order chi connectivity index (χ0) is 23.7. The Hall–Kier alpha value is -2.81. The van der Waals surface area contributed by atoms with Gasteiger partial charge in [0.25, 0.3) is 0 Å². The van der Waals surface area contributed by atoms with Crippen LogP contribution in [0.5, 0.6) is 0 Å². The van der Waals surface area contributed by atoms with E-state index in [9.17, 15) is 26.7 Å². The molecule has 7 nitrogen and oxygen atoms in total. The minimum atomic E-state index is -4.82. The van der Waals surface area contributed by atoms with Crippen molar-refractivity contribution < 1.29 is 26.7 Å². The molecule has 3 N–H and O–H groups in total. The van der Waals surface area contributed by atoms with Crippen LogP contribution in [0.4, 0.5) is 24.7 Å². The van der Waals surface area contributed by atoms with Crippen molar-refractivity contribution in [2.45, 2.75) is 36.6 Å². The van der Waals surface area contributed by atoms with Gasteiger partial charge < -0.3 is 15.7 Å². The second-order valence-electron chi connectivity index (χ2n) is 7.50. The summed E-state index contributed by atoms with van der Waals surface area (Å²) >= 11 is 0. The number of hydrogen-bond acceptors (Lipinski definition) is 6. The van der Waals surface area contributed by atoms with E-state index >= 15 is 0 Å². The van der Waals surface area contributed by atoms with E-state index in [2.05, 4.69) is 16.8 Å². The number of halogens is 3. The number of aliphatic hydroxyl groups is 1. The Morgan fingerprint density at radius 1 is 1.16 bits per heavy atom. The molecule has 172 valence electrons. The molecule has 0 saturated carbocycles. The molecule has 0 radical (unpaired) electrons. The van der Waals surface area contributed by atoms with Crippen LogP contribution >= 0.6 is 0 Å². The van der Waals surface area contributed by atoms with Gasteiger partial charge in [0, 0.05) is 31.5 Å². The normalized spacial score (nSPS) is 19.7. The third-order valence-electron chi connectivity index (χ3n) is 5.36. The second-order valence-corrected chi connectivity index (χ2v) is 9.44. The van der Waals surface area contributed by atoms with Gasteiger partial charge in [-0.3, -0.25) is 0 Å². The zero-order valence-corrected chi connectivity index (χ0v) is 18.3. The standard InChI is InChI=1S/C21H23F3N4O3S/c1-3-4-17-14-27(32(30,31)18-9-10-19(25)26-13-18)11-12-28(17)16-7-5-15(6-8-16)20(2,29)21(22,23)24/h5-10,13,17,29H,11-12,14H2,1-2H3,(H2,25,26)/t17?,20-/m0/s1. The Bertz CT molecular complexity index is 1120. The fraction of sp³-hybridized carbons (Fsp3) is 0.381. The lowest BCUT2D eigenvalue weighted by molar-refractivity contribution is -0.258. The first-order valence-electron chi connectivity index (χ1n) is 9.68. The molecule has 1 saturated heterocycles. The van der Waals surface area contributed by atoms with E-state index < -0.39 is 27.8 Å². The quantitative estimate of drug-likeness (QED) is 0.669. The van der Waals surface area contributed by atoms with Gasteiger partial charge in [-0.15, -0.1) is 5.92 Å². The van der Waals surface area contributed by atoms with Crippen molar-refractivity contribution in [1.82, 2.24) is 9.29 Å². The van der Waals surface area contributed by atoms with Crippen molar-refractivity contribution in [1.29, 1.82) is 0 Å². The average molecular weight is 469 g/mol. The maximum Gasteiger partial charge on any atom is 0.421 e. The van der Waals surface area contributed by atoms with E-state index in [0.717, 1.165) is 0 Å². The van der Waals surface area contributed by atoms with E-state index in [1.807, 2.05) is 4.90 Å². The number of rotatable bonds is 4. The number of nitrogen functional groups attached to an aromatic ring is 1. The number of benzene rings is 1. The Morgan fingerprint density at radius 3 is 2.34 bits per heavy atom. The van der Waals surface area contributed by atoms with E-state index in [-0.39, 0.29) is 35.9 Å². The number of aromatic nitrogens is 1. The van der Waals surface area contributed by atoms with Gasteiger partial charge in [0.05, 0.1) is 0 Å². The highest BCUT2D eigenvalue weighted by Gasteiger charge is 2.51. The number of anilines is 2. The first-order chi connectivity index (χ1) is 14.9. The van der Waals surface area contributed by atoms with Crippen molar-refractivity contribution in [3.8, 4) is 11.8 Å². The number of alkyl halides is 3. The molecular weight excluding hydrogens is 445 g/mol. The molecule has 3 rings (SSSR count). The summed E-state index contributed by atoms with van der Waals surface area (Å²) in [4.78, 5) is 5.68. The minimum Gasteiger partial charge on any atom is -0.384 e. The van der Waals surface area contributed by atoms with Gasteiger partial charge in [0.15, 0.2) is 5.60 Å². The van der Waals surface area contributed by atoms with Gasteiger partial charge >= 0.3 is 6.18 Å². The maximum absolute atomic E-state index is 13.1. The lowest BCUT2D eigenvalue weighted by atomic mass is 9.95. The van der Waals surface area contributed by atoms with Crippen molar-refractivity contribution in [3.05, 3.63) is 48.2 Å². The Morgan fingerprint density at radius 2 is 1.81 bits per heavy atom. The number of nitrogens with two attached hydrogens (primary N) is 1. The first kappa shape index (κ1) is 23.8. The molecule has 32 heavy (non-hydrogen) atoms. The molecule has 1 unspecified atom stereocenters. The summed E-state index contributed by atoms with van der Waals surface area (Å²) in [5, 5.41) is 9.86. The molecule has 0 amide bonds. The number of hydrogen-bond donors (Lipinski definition) is 2. The van der Waals surface area contributed by atoms with Crippen molar-refractivity contribution in [3.63, 3.8) is 0 Å². The topological polar surface area (TPSA) is 99.8 Å². The average Bonchev–Trinajstić information content (AvgIpc) is 2.73. The molecular formula is C21H23F3N4O3S. The minimum absolute atomic E-state index is 0.0158. The van der Waals surface area contributed by atoms with Crippen LogP contribution < -0.4 is 10.6 Å². The fourth-order valence-corrected chi connectivity index (χ4v) is 4.79. The Labute approximate surface area is 184 Å². The van der Waals surface area contributed by atoms with Crippen LogP contribution in [0.15, 0.2) is 47.5 Å². The largest absolute Gasteiger partial charge is 0.421 e. The molecule has 0 bridgehead atoms. The molecule has 1 aromatic heterocycles. The Balaban J connectivity index is 1.84. The summed E-state index contributed by atoms with van der Waals surface area (Å²) in [6, 6.07) is 7.63. The van der Waals surface area contributed by atoms with E-state index in [1.54, 1.807) is 6.92 Å². The van der Waals surface area contributed by atoms with Gasteiger partial charge in [-0.05, 0) is 43.7 Å². The molecule has 11 heteroatoms. The summed E-state index contributed by atoms with van der Waals surface area (Å²) in [7, 11) is -3.82. The fourth-order valence-electron chi connectivity index (χ4n) is 3.41. The van der Waals surface area contributed by atoms with Gasteiger partial charge in [-0.1, -0.05) is 18.1 Å². The molecule has 2 atom stereocenters. The summed E-state index contributed by atoms with van der Waals surface area (Å²) in [5.41, 5.74) is 2.84. The third kappa shape index (κ3) is 4.53. The van der Waals surface area contributed by atoms with Crippen molar-refractivity contribution in [2.75, 3.05) is 30.3 Å². The van der Waals surface area contributed by atoms with Crippen LogP contribution in [0.3, 0.4) is 0 Å². The van der Waals surface area contributed by atoms with Crippen molar-refractivity contribution in [2.24, 2.45) is 0 Å². The van der Waals surface area contributed by atoms with Crippen LogP contribution in [-0.2, 0) is 15.6 Å². The van der Waals surface area contributed by atoms with E-state index in [1.165, 1.54) is 46.9 Å². The smallest absolute Gasteiger partial charge is 0.384 e. The number of nitrogens with zero attached hydrogens (tertiary/aromatic N) is 3. The number of sulfonamides is 1. The highest BCUT2D eigenvalue weighted by molar-refractivity contribution is 7.89. The third-order valence-corrected chi connectivity index (χ3v) is 7.21. The summed E-state index contributed by atoms with van der Waals surface area (Å²) in [5.74, 6) is 5.96. The van der Waals surface area contributed by atoms with Gasteiger partial charge in [0.2, 0.25) is 10.0 Å². The van der Waals surface area contributed by atoms with Gasteiger partial charge in [-0.25, -0.2) is 13.4 Å². The van der Waals surface area contributed by atoms with E-state index in [0.29, 0.717) is 12.6 Å². The summed E-state index contributed by atoms with van der Waals surface area (Å²) in [6.07, 6.45) is -3.62. The van der Waals surface area contributed by atoms with Crippen LogP contribution in [-0.4, -0.2) is 54.7 Å². The maximum atomic E-state index is 13.1. The highest BCUT2D eigenvalue weighted by Crippen LogP contribution is 2.39. The number of piperazine rings is 1. The SMILES string of the molecule is CC#CC1CN(S(=O)(=O)c2ccc(N)nc2)CCN1c1ccc([C@](C)(O)C(F)(F)F)cc1. The first-order valence-corrected chi connectivity index (χ1v) is 11.1. The van der Waals surface area contributed by atoms with Gasteiger partial charge in [0.1, 0.15) is 16.8 Å². The predicted octanol–water partition coefficient (Wildman–Crippen LogP) is 2.34. The monoisotopic (exact) mass is 468 g/mol. The van der Waals surface area contributed by atoms with Crippen LogP contribution in [0, 0.1) is 11.8 Å². The molecule has 1 fully saturated rings.